The molecular formula is C18H22N2O4. The van der Waals surface area contributed by atoms with Gasteiger partial charge in [0.05, 0.1) is 17.8 Å². The summed E-state index contributed by atoms with van der Waals surface area (Å²) in [6, 6.07) is 9.14. The van der Waals surface area contributed by atoms with Gasteiger partial charge in [0.15, 0.2) is 0 Å². The number of anilines is 1. The molecule has 6 nitrogen and oxygen atoms in total. The highest BCUT2D eigenvalue weighted by atomic mass is 16.6. The van der Waals surface area contributed by atoms with E-state index in [1.165, 1.54) is 4.90 Å². The lowest BCUT2D eigenvalue weighted by Crippen LogP contribution is -2.40. The lowest BCUT2D eigenvalue weighted by atomic mass is 10.1. The van der Waals surface area contributed by atoms with Crippen molar-refractivity contribution in [3.8, 4) is 0 Å². The molecule has 24 heavy (non-hydrogen) atoms. The predicted molar refractivity (Wildman–Crippen MR) is 92.0 cm³/mol. The van der Waals surface area contributed by atoms with Crippen molar-refractivity contribution in [1.82, 2.24) is 4.98 Å². The van der Waals surface area contributed by atoms with Gasteiger partial charge in [0.25, 0.3) is 0 Å². The fourth-order valence-electron chi connectivity index (χ4n) is 2.21. The average Bonchev–Trinajstić information content (AvgIpc) is 2.51. The van der Waals surface area contributed by atoms with Crippen molar-refractivity contribution in [2.24, 2.45) is 0 Å². The van der Waals surface area contributed by atoms with E-state index in [-0.39, 0.29) is 13.2 Å². The molecule has 128 valence electrons. The largest absolute Gasteiger partial charge is 0.465 e. The summed E-state index contributed by atoms with van der Waals surface area (Å²) in [4.78, 5) is 30.1. The van der Waals surface area contributed by atoms with E-state index in [9.17, 15) is 9.59 Å². The summed E-state index contributed by atoms with van der Waals surface area (Å²) in [5, 5.41) is 0.868. The van der Waals surface area contributed by atoms with E-state index in [1.807, 2.05) is 24.3 Å². The average molecular weight is 330 g/mol. The normalized spacial score (nSPS) is 11.2. The van der Waals surface area contributed by atoms with Crippen molar-refractivity contribution in [3.63, 3.8) is 0 Å². The van der Waals surface area contributed by atoms with Gasteiger partial charge in [-0.05, 0) is 39.8 Å². The van der Waals surface area contributed by atoms with Crippen LogP contribution in [0.25, 0.3) is 10.9 Å². The number of benzene rings is 1. The predicted octanol–water partition coefficient (Wildman–Crippen LogP) is 3.54. The molecule has 0 saturated heterocycles. The van der Waals surface area contributed by atoms with Crippen LogP contribution in [0.3, 0.4) is 0 Å². The Morgan fingerprint density at radius 2 is 1.88 bits per heavy atom. The second-order valence-electron chi connectivity index (χ2n) is 6.22. The molecular weight excluding hydrogens is 308 g/mol. The van der Waals surface area contributed by atoms with E-state index in [0.29, 0.717) is 11.2 Å². The number of rotatable bonds is 4. The SMILES string of the molecule is CCOC(=O)CN(C(=O)OC(C)(C)C)c1cccc2cccnc12. The van der Waals surface area contributed by atoms with Crippen LogP contribution in [0.2, 0.25) is 0 Å². The smallest absolute Gasteiger partial charge is 0.415 e. The zero-order chi connectivity index (χ0) is 17.7. The van der Waals surface area contributed by atoms with Crippen LogP contribution in [0.5, 0.6) is 0 Å². The maximum absolute atomic E-state index is 12.6. The Hall–Kier alpha value is -2.63. The molecule has 0 saturated carbocycles. The Morgan fingerprint density at radius 3 is 2.54 bits per heavy atom. The Morgan fingerprint density at radius 1 is 1.17 bits per heavy atom. The van der Waals surface area contributed by atoms with Crippen LogP contribution in [0, 0.1) is 0 Å². The summed E-state index contributed by atoms with van der Waals surface area (Å²) >= 11 is 0. The van der Waals surface area contributed by atoms with E-state index in [2.05, 4.69) is 4.98 Å². The summed E-state index contributed by atoms with van der Waals surface area (Å²) in [6.07, 6.45) is 1.03. The van der Waals surface area contributed by atoms with Gasteiger partial charge in [-0.1, -0.05) is 18.2 Å². The molecule has 0 atom stereocenters. The maximum atomic E-state index is 12.6. The number of hydrogen-bond acceptors (Lipinski definition) is 5. The zero-order valence-electron chi connectivity index (χ0n) is 14.4. The number of esters is 1. The van der Waals surface area contributed by atoms with Crippen LogP contribution in [0.15, 0.2) is 36.5 Å². The zero-order valence-corrected chi connectivity index (χ0v) is 14.4. The van der Waals surface area contributed by atoms with Crippen molar-refractivity contribution in [3.05, 3.63) is 36.5 Å². The molecule has 0 bridgehead atoms. The molecule has 0 spiro atoms. The summed E-state index contributed by atoms with van der Waals surface area (Å²) < 4.78 is 10.4. The van der Waals surface area contributed by atoms with Crippen molar-refractivity contribution < 1.29 is 19.1 Å². The molecule has 0 unspecified atom stereocenters. The first kappa shape index (κ1) is 17.7. The maximum Gasteiger partial charge on any atom is 0.415 e. The summed E-state index contributed by atoms with van der Waals surface area (Å²) in [6.45, 7) is 7.04. The molecule has 0 radical (unpaired) electrons. The quantitative estimate of drug-likeness (QED) is 0.802. The van der Waals surface area contributed by atoms with Crippen molar-refractivity contribution in [2.75, 3.05) is 18.1 Å². The standard InChI is InChI=1S/C18H22N2O4/c1-5-23-15(21)12-20(17(22)24-18(2,3)4)14-10-6-8-13-9-7-11-19-16(13)14/h6-11H,5,12H2,1-4H3. The van der Waals surface area contributed by atoms with Gasteiger partial charge in [-0.3, -0.25) is 14.7 Å². The number of aromatic nitrogens is 1. The fraction of sp³-hybridized carbons (Fsp3) is 0.389. The minimum atomic E-state index is -0.679. The number of fused-ring (bicyclic) bond motifs is 1. The lowest BCUT2D eigenvalue weighted by Gasteiger charge is -2.27. The van der Waals surface area contributed by atoms with Gasteiger partial charge in [0.1, 0.15) is 12.1 Å². The molecule has 0 aliphatic carbocycles. The number of nitrogens with zero attached hydrogens (tertiary/aromatic N) is 2. The van der Waals surface area contributed by atoms with E-state index < -0.39 is 17.7 Å². The van der Waals surface area contributed by atoms with Gasteiger partial charge in [0.2, 0.25) is 0 Å². The molecule has 6 heteroatoms. The second-order valence-corrected chi connectivity index (χ2v) is 6.22. The summed E-state index contributed by atoms with van der Waals surface area (Å²) in [7, 11) is 0. The number of carbonyl (C=O) groups is 2. The van der Waals surface area contributed by atoms with Crippen molar-refractivity contribution in [1.29, 1.82) is 0 Å². The third-order valence-corrected chi connectivity index (χ3v) is 3.11. The Bertz CT molecular complexity index is 732. The Balaban J connectivity index is 2.44. The van der Waals surface area contributed by atoms with Crippen LogP contribution in [0.1, 0.15) is 27.7 Å². The number of ether oxygens (including phenoxy) is 2. The summed E-state index contributed by atoms with van der Waals surface area (Å²) in [5.74, 6) is -0.503. The molecule has 2 rings (SSSR count). The van der Waals surface area contributed by atoms with Crippen molar-refractivity contribution >= 4 is 28.7 Å². The monoisotopic (exact) mass is 330 g/mol. The number of carbonyl (C=O) groups excluding carboxylic acids is 2. The third-order valence-electron chi connectivity index (χ3n) is 3.11. The number of pyridine rings is 1. The third kappa shape index (κ3) is 4.44. The molecule has 1 heterocycles. The molecule has 1 amide bonds. The van der Waals surface area contributed by atoms with Crippen molar-refractivity contribution in [2.45, 2.75) is 33.3 Å². The first-order valence-electron chi connectivity index (χ1n) is 7.81. The van der Waals surface area contributed by atoms with Gasteiger partial charge >= 0.3 is 12.1 Å². The highest BCUT2D eigenvalue weighted by molar-refractivity contribution is 6.02. The van der Waals surface area contributed by atoms with E-state index in [0.717, 1.165) is 5.39 Å². The van der Waals surface area contributed by atoms with Crippen LogP contribution in [0.4, 0.5) is 10.5 Å². The highest BCUT2D eigenvalue weighted by Crippen LogP contribution is 2.26. The van der Waals surface area contributed by atoms with Crippen LogP contribution in [-0.4, -0.2) is 35.8 Å². The Labute approximate surface area is 141 Å². The molecule has 0 aliphatic heterocycles. The highest BCUT2D eigenvalue weighted by Gasteiger charge is 2.27. The van der Waals surface area contributed by atoms with Gasteiger partial charge < -0.3 is 9.47 Å². The molecule has 1 aromatic heterocycles. The topological polar surface area (TPSA) is 68.7 Å². The van der Waals surface area contributed by atoms with E-state index in [4.69, 9.17) is 9.47 Å². The minimum Gasteiger partial charge on any atom is -0.465 e. The molecule has 0 fully saturated rings. The van der Waals surface area contributed by atoms with Gasteiger partial charge in [-0.2, -0.15) is 0 Å². The molecule has 0 N–H and O–H groups in total. The molecule has 0 aliphatic rings. The molecule has 1 aromatic carbocycles. The first-order chi connectivity index (χ1) is 11.3. The van der Waals surface area contributed by atoms with E-state index >= 15 is 0 Å². The van der Waals surface area contributed by atoms with Crippen LogP contribution < -0.4 is 4.90 Å². The Kier molecular flexibility index (Phi) is 5.39. The number of hydrogen-bond donors (Lipinski definition) is 0. The van der Waals surface area contributed by atoms with Crippen LogP contribution in [-0.2, 0) is 14.3 Å². The molecule has 2 aromatic rings. The van der Waals surface area contributed by atoms with E-state index in [1.54, 1.807) is 40.0 Å². The second kappa shape index (κ2) is 7.29. The van der Waals surface area contributed by atoms with Gasteiger partial charge in [-0.15, -0.1) is 0 Å². The summed E-state index contributed by atoms with van der Waals surface area (Å²) in [5.41, 5.74) is 0.452. The van der Waals surface area contributed by atoms with Gasteiger partial charge in [0, 0.05) is 11.6 Å². The number of para-hydroxylation sites is 1. The number of amides is 1. The first-order valence-corrected chi connectivity index (χ1v) is 7.81. The van der Waals surface area contributed by atoms with Gasteiger partial charge in [-0.25, -0.2) is 4.79 Å². The fourth-order valence-corrected chi connectivity index (χ4v) is 2.21. The minimum absolute atomic E-state index is 0.238. The lowest BCUT2D eigenvalue weighted by molar-refractivity contribution is -0.141. The van der Waals surface area contributed by atoms with Crippen LogP contribution >= 0.6 is 0 Å².